The van der Waals surface area contributed by atoms with E-state index in [9.17, 15) is 4.39 Å². The molecule has 0 aromatic heterocycles. The first kappa shape index (κ1) is 23.9. The third-order valence-electron chi connectivity index (χ3n) is 7.53. The van der Waals surface area contributed by atoms with Crippen LogP contribution in [0, 0.1) is 17.8 Å². The molecule has 0 spiro atoms. The lowest BCUT2D eigenvalue weighted by Gasteiger charge is -2.30. The summed E-state index contributed by atoms with van der Waals surface area (Å²) in [7, 11) is 1.64. The van der Waals surface area contributed by atoms with E-state index in [4.69, 9.17) is 21.1 Å². The average molecular weight is 554 g/mol. The highest BCUT2D eigenvalue weighted by Gasteiger charge is 2.40. The Balaban J connectivity index is 1.26. The molecule has 34 heavy (non-hydrogen) atoms. The van der Waals surface area contributed by atoms with Crippen LogP contribution < -0.4 is 10.6 Å². The van der Waals surface area contributed by atoms with Crippen LogP contribution in [0.4, 0.5) is 4.39 Å². The molecule has 5 rings (SSSR count). The summed E-state index contributed by atoms with van der Waals surface area (Å²) in [4.78, 5) is 7.12. The number of allylic oxidation sites excluding steroid dienone is 2. The van der Waals surface area contributed by atoms with Crippen LogP contribution in [0.25, 0.3) is 0 Å². The van der Waals surface area contributed by atoms with Crippen molar-refractivity contribution in [1.82, 2.24) is 15.5 Å². The highest BCUT2D eigenvalue weighted by molar-refractivity contribution is 9.12. The van der Waals surface area contributed by atoms with Gasteiger partial charge in [-0.05, 0) is 71.6 Å². The summed E-state index contributed by atoms with van der Waals surface area (Å²) in [5.41, 5.74) is 0.874. The molecule has 5 aliphatic rings. The van der Waals surface area contributed by atoms with Gasteiger partial charge in [0.1, 0.15) is 17.7 Å². The first-order valence-electron chi connectivity index (χ1n) is 12.0. The lowest BCUT2D eigenvalue weighted by Crippen LogP contribution is -2.40. The molecule has 3 unspecified atom stereocenters. The van der Waals surface area contributed by atoms with Crippen LogP contribution in [0.5, 0.6) is 0 Å². The van der Waals surface area contributed by atoms with Gasteiger partial charge in [-0.1, -0.05) is 24.6 Å². The Morgan fingerprint density at radius 2 is 2.06 bits per heavy atom. The number of halogens is 3. The molecule has 1 saturated carbocycles. The van der Waals surface area contributed by atoms with E-state index in [0.717, 1.165) is 29.7 Å². The highest BCUT2D eigenvalue weighted by Crippen LogP contribution is 2.42. The number of nitrogens with one attached hydrogen (secondary N) is 2. The maximum Gasteiger partial charge on any atom is 0.160 e. The number of likely N-dealkylation sites (tertiary alicyclic amines) is 1. The number of fused-ring (bicyclic) bond motifs is 2. The summed E-state index contributed by atoms with van der Waals surface area (Å²) >= 11 is 9.38. The molecule has 2 N–H and O–H groups in total. The second-order valence-corrected chi connectivity index (χ2v) is 10.8. The molecular weight excluding hydrogens is 523 g/mol. The van der Waals surface area contributed by atoms with E-state index in [-0.39, 0.29) is 16.9 Å². The lowest BCUT2D eigenvalue weighted by molar-refractivity contribution is 0.137. The molecule has 2 aliphatic heterocycles. The van der Waals surface area contributed by atoms with Crippen LogP contribution >= 0.6 is 27.5 Å². The molecule has 2 heterocycles. The third-order valence-corrected chi connectivity index (χ3v) is 8.87. The predicted molar refractivity (Wildman–Crippen MR) is 136 cm³/mol. The number of aliphatic imine (C=N–C) groups is 1. The van der Waals surface area contributed by atoms with Crippen molar-refractivity contribution in [3.63, 3.8) is 0 Å². The number of nitrogens with zero attached hydrogens (tertiary/aromatic N) is 2. The Bertz CT molecular complexity index is 1010. The zero-order valence-corrected chi connectivity index (χ0v) is 21.8. The monoisotopic (exact) mass is 552 g/mol. The third kappa shape index (κ3) is 4.69. The van der Waals surface area contributed by atoms with Crippen molar-refractivity contribution in [2.24, 2.45) is 22.7 Å². The van der Waals surface area contributed by atoms with E-state index >= 15 is 0 Å². The predicted octanol–water partition coefficient (Wildman–Crippen LogP) is 4.68. The number of ether oxygens (including phenoxy) is 2. The SMILES string of the molecule is CCN1C[C@H]2CC(COC3=CC4N=CNC(NC5CC=C(Br)C(Cl)=C5F)=C4C=C3OC)C[C@H]2C1. The summed E-state index contributed by atoms with van der Waals surface area (Å²) in [6, 6.07) is -0.783. The Morgan fingerprint density at radius 1 is 1.29 bits per heavy atom. The smallest absolute Gasteiger partial charge is 0.160 e. The minimum Gasteiger partial charge on any atom is -0.493 e. The van der Waals surface area contributed by atoms with Crippen LogP contribution in [0.2, 0.25) is 0 Å². The molecule has 0 radical (unpaired) electrons. The van der Waals surface area contributed by atoms with Crippen LogP contribution in [0.1, 0.15) is 26.2 Å². The Labute approximate surface area is 213 Å². The number of hydrogen-bond donors (Lipinski definition) is 2. The second kappa shape index (κ2) is 10.1. The Kier molecular flexibility index (Phi) is 7.09. The van der Waals surface area contributed by atoms with Gasteiger partial charge in [-0.2, -0.15) is 0 Å². The molecule has 3 aliphatic carbocycles. The Hall–Kier alpha value is -1.77. The summed E-state index contributed by atoms with van der Waals surface area (Å²) in [5.74, 6) is 3.87. The second-order valence-electron chi connectivity index (χ2n) is 9.61. The first-order valence-corrected chi connectivity index (χ1v) is 13.2. The molecule has 6 nitrogen and oxygen atoms in total. The minimum atomic E-state index is -0.553. The van der Waals surface area contributed by atoms with Crippen LogP contribution in [-0.4, -0.2) is 56.7 Å². The minimum absolute atomic E-state index is 0.0983. The standard InChI is InChI=1S/C25H31BrClFN4O2/c1-3-32-10-15-6-14(7-16(15)11-32)12-34-22-9-20-17(8-21(22)33-2)25(30-13-29-20)31-19-5-4-18(26)23(27)24(19)28/h4,8-9,13-16,19-20,31H,3,5-7,10-12H2,1-2H3,(H,29,30)/t14?,15-,16+,19?,20?. The zero-order valence-electron chi connectivity index (χ0n) is 19.5. The van der Waals surface area contributed by atoms with Crippen molar-refractivity contribution in [3.05, 3.63) is 56.5 Å². The van der Waals surface area contributed by atoms with Crippen molar-refractivity contribution in [3.8, 4) is 0 Å². The average Bonchev–Trinajstić information content (AvgIpc) is 3.41. The van der Waals surface area contributed by atoms with Gasteiger partial charge in [0.05, 0.1) is 31.1 Å². The maximum absolute atomic E-state index is 14.7. The zero-order chi connectivity index (χ0) is 23.8. The normalized spacial score (nSPS) is 33.1. The van der Waals surface area contributed by atoms with Crippen molar-refractivity contribution in [1.29, 1.82) is 0 Å². The van der Waals surface area contributed by atoms with E-state index in [1.54, 1.807) is 13.4 Å². The largest absolute Gasteiger partial charge is 0.493 e. The van der Waals surface area contributed by atoms with Gasteiger partial charge in [0.25, 0.3) is 0 Å². The molecule has 2 fully saturated rings. The van der Waals surface area contributed by atoms with E-state index in [2.05, 4.69) is 43.4 Å². The van der Waals surface area contributed by atoms with Crippen molar-refractivity contribution < 1.29 is 13.9 Å². The molecule has 5 atom stereocenters. The lowest BCUT2D eigenvalue weighted by atomic mass is 9.98. The summed E-state index contributed by atoms with van der Waals surface area (Å²) in [6.07, 6.45) is 10.4. The first-order chi connectivity index (χ1) is 16.5. The molecule has 9 heteroatoms. The van der Waals surface area contributed by atoms with Gasteiger partial charge in [-0.3, -0.25) is 4.99 Å². The van der Waals surface area contributed by atoms with Crippen LogP contribution in [0.15, 0.2) is 61.5 Å². The fraction of sp³-hybridized carbons (Fsp3) is 0.560. The van der Waals surface area contributed by atoms with Gasteiger partial charge in [0.15, 0.2) is 11.5 Å². The summed E-state index contributed by atoms with van der Waals surface area (Å²) < 4.78 is 27.2. The maximum atomic E-state index is 14.7. The molecule has 0 aromatic rings. The van der Waals surface area contributed by atoms with Crippen molar-refractivity contribution >= 4 is 33.9 Å². The summed E-state index contributed by atoms with van der Waals surface area (Å²) in [5, 5.41) is 6.46. The quantitative estimate of drug-likeness (QED) is 0.479. The molecule has 0 bridgehead atoms. The molecular formula is C25H31BrClFN4O2. The van der Waals surface area contributed by atoms with Crippen LogP contribution in [-0.2, 0) is 9.47 Å². The highest BCUT2D eigenvalue weighted by atomic mass is 79.9. The molecule has 0 amide bonds. The van der Waals surface area contributed by atoms with Gasteiger partial charge in [0, 0.05) is 23.1 Å². The fourth-order valence-electron chi connectivity index (χ4n) is 5.73. The van der Waals surface area contributed by atoms with Gasteiger partial charge < -0.3 is 25.0 Å². The van der Waals surface area contributed by atoms with E-state index < -0.39 is 6.04 Å². The van der Waals surface area contributed by atoms with E-state index in [0.29, 0.717) is 35.0 Å². The van der Waals surface area contributed by atoms with Crippen LogP contribution in [0.3, 0.4) is 0 Å². The summed E-state index contributed by atoms with van der Waals surface area (Å²) in [6.45, 7) is 6.55. The van der Waals surface area contributed by atoms with E-state index in [1.807, 2.05) is 18.2 Å². The number of methoxy groups -OCH3 is 1. The van der Waals surface area contributed by atoms with Gasteiger partial charge >= 0.3 is 0 Å². The number of hydrogen-bond acceptors (Lipinski definition) is 6. The van der Waals surface area contributed by atoms with Crippen molar-refractivity contribution in [2.75, 3.05) is 33.4 Å². The molecule has 0 aromatic carbocycles. The van der Waals surface area contributed by atoms with Gasteiger partial charge in [-0.15, -0.1) is 0 Å². The van der Waals surface area contributed by atoms with Gasteiger partial charge in [-0.25, -0.2) is 4.39 Å². The van der Waals surface area contributed by atoms with Gasteiger partial charge in [0.2, 0.25) is 0 Å². The van der Waals surface area contributed by atoms with Crippen molar-refractivity contribution in [2.45, 2.75) is 38.3 Å². The molecule has 184 valence electrons. The molecule has 1 saturated heterocycles. The topological polar surface area (TPSA) is 58.1 Å². The fourth-order valence-corrected chi connectivity index (χ4v) is 6.31. The Morgan fingerprint density at radius 3 is 2.76 bits per heavy atom. The van der Waals surface area contributed by atoms with E-state index in [1.165, 1.54) is 25.9 Å². The number of rotatable bonds is 7.